The lowest BCUT2D eigenvalue weighted by Gasteiger charge is -2.30. The highest BCUT2D eigenvalue weighted by molar-refractivity contribution is 7.80. The Morgan fingerprint density at radius 2 is 1.49 bits per heavy atom. The Bertz CT molecular complexity index is 2350. The van der Waals surface area contributed by atoms with Crippen molar-refractivity contribution >= 4 is 67.7 Å². The molecule has 2 aromatic rings. The smallest absolute Gasteiger partial charge is 0.394 e. The molecule has 8 amide bonds. The number of rotatable bonds is 36. The van der Waals surface area contributed by atoms with Crippen molar-refractivity contribution in [2.45, 2.75) is 166 Å². The van der Waals surface area contributed by atoms with Crippen LogP contribution in [0.1, 0.15) is 105 Å². The summed E-state index contributed by atoms with van der Waals surface area (Å²) in [7, 11) is -5.16. The predicted octanol–water partition coefficient (Wildman–Crippen LogP) is -0.913. The van der Waals surface area contributed by atoms with E-state index in [1.807, 2.05) is 58.0 Å². The Kier molecular flexibility index (Phi) is 28.0. The van der Waals surface area contributed by atoms with Crippen LogP contribution < -0.4 is 43.5 Å². The first-order valence-corrected chi connectivity index (χ1v) is 28.2. The van der Waals surface area contributed by atoms with Crippen molar-refractivity contribution in [1.29, 1.82) is 0 Å². The van der Waals surface area contributed by atoms with Crippen molar-refractivity contribution in [3.63, 3.8) is 0 Å². The SMILES string of the molecule is CC(C)CC(NC(=O)C1CC(ONC(=O)CCc2ccccc2)CN1C(=O)CCOC(C)(C)CCOC(C)(C)CCNC(=O)C(N)CS)C(=O)NC(CCc1cnc[nH]1)C(=O)NC(CO)C(=O)NC(C(N)=O)C(C)OP(=O)(O)O. The number of carbonyl (C=O) groups is 8. The largest absolute Gasteiger partial charge is 0.469 e. The van der Waals surface area contributed by atoms with Gasteiger partial charge in [0.2, 0.25) is 47.3 Å². The van der Waals surface area contributed by atoms with Gasteiger partial charge in [0.05, 0.1) is 62.5 Å². The van der Waals surface area contributed by atoms with Gasteiger partial charge in [0, 0.05) is 37.0 Å². The van der Waals surface area contributed by atoms with E-state index in [4.69, 9.17) is 25.8 Å². The van der Waals surface area contributed by atoms with E-state index in [-0.39, 0.29) is 69.3 Å². The molecular formula is C50H82N11O16PS. The number of nitrogens with two attached hydrogens (primary N) is 2. The van der Waals surface area contributed by atoms with Crippen molar-refractivity contribution in [2.75, 3.05) is 38.7 Å². The van der Waals surface area contributed by atoms with Gasteiger partial charge in [0.25, 0.3) is 0 Å². The first-order valence-electron chi connectivity index (χ1n) is 26.1. The molecule has 1 aromatic heterocycles. The molecule has 3 rings (SSSR count). The van der Waals surface area contributed by atoms with E-state index in [0.717, 1.165) is 12.5 Å². The standard InChI is InChI=1S/C50H82N11O16PS/c1-30(2)23-37(46(68)56-36(15-14-33-25-53-29-55-33)45(67)58-38(27-62)47(69)59-42(43(52)65)31(3)77-78(71,72)73)57-48(70)39-24-34(76-60-40(63)16-13-32-11-9-8-10-12-32)26-61(39)41(64)17-21-74-50(6,7)19-22-75-49(4,5)18-20-54-44(66)35(51)28-79/h8-12,25,29-31,34-39,42,62,79H,13-24,26-28,51H2,1-7H3,(H2,52,65)(H,53,55)(H,54,66)(H,56,68)(H,57,70)(H,58,67)(H,59,69)(H,60,63)(H2,71,72,73). The highest BCUT2D eigenvalue weighted by Crippen LogP contribution is 2.38. The third kappa shape index (κ3) is 25.2. The van der Waals surface area contributed by atoms with Gasteiger partial charge in [-0.3, -0.25) is 47.7 Å². The molecule has 29 heteroatoms. The maximum absolute atomic E-state index is 14.4. The highest BCUT2D eigenvalue weighted by Gasteiger charge is 2.42. The van der Waals surface area contributed by atoms with Crippen LogP contribution in [0.2, 0.25) is 0 Å². The van der Waals surface area contributed by atoms with Crippen LogP contribution in [-0.4, -0.2) is 175 Å². The summed E-state index contributed by atoms with van der Waals surface area (Å²) >= 11 is 4.06. The second kappa shape index (κ2) is 32.6. The lowest BCUT2D eigenvalue weighted by atomic mass is 10.0. The zero-order valence-corrected chi connectivity index (χ0v) is 47.7. The minimum atomic E-state index is -5.16. The number of hydrogen-bond acceptors (Lipinski definition) is 17. The summed E-state index contributed by atoms with van der Waals surface area (Å²) in [6.45, 7) is 11.5. The quantitative estimate of drug-likeness (QED) is 0.0223. The molecular weight excluding hydrogens is 1070 g/mol. The van der Waals surface area contributed by atoms with E-state index in [1.165, 1.54) is 17.4 Å². The summed E-state index contributed by atoms with van der Waals surface area (Å²) in [6.07, 6.45) is 1.66. The molecule has 8 atom stereocenters. The van der Waals surface area contributed by atoms with Crippen LogP contribution in [-0.2, 0) is 74.6 Å². The molecule has 0 spiro atoms. The number of hydroxylamine groups is 1. The molecule has 2 heterocycles. The average molecular weight is 1160 g/mol. The van der Waals surface area contributed by atoms with Gasteiger partial charge in [-0.15, -0.1) is 0 Å². The molecule has 1 fully saturated rings. The predicted molar refractivity (Wildman–Crippen MR) is 290 cm³/mol. The molecule has 27 nitrogen and oxygen atoms in total. The second-order valence-corrected chi connectivity index (χ2v) is 22.5. The monoisotopic (exact) mass is 1160 g/mol. The van der Waals surface area contributed by atoms with Crippen LogP contribution in [0.3, 0.4) is 0 Å². The number of carbonyl (C=O) groups excluding carboxylic acids is 8. The Morgan fingerprint density at radius 3 is 2.10 bits per heavy atom. The van der Waals surface area contributed by atoms with Gasteiger partial charge in [-0.05, 0) is 84.6 Å². The lowest BCUT2D eigenvalue weighted by molar-refractivity contribution is -0.142. The zero-order valence-electron chi connectivity index (χ0n) is 45.9. The summed E-state index contributed by atoms with van der Waals surface area (Å²) in [6, 6.07) is 1.07. The number of H-pyrrole nitrogens is 1. The number of aromatic amines is 1. The minimum Gasteiger partial charge on any atom is -0.394 e. The number of primary amides is 1. The van der Waals surface area contributed by atoms with Crippen LogP contribution >= 0.6 is 20.5 Å². The van der Waals surface area contributed by atoms with Gasteiger partial charge in [0.1, 0.15) is 36.3 Å². The Balaban J connectivity index is 1.78. The fourth-order valence-electron chi connectivity index (χ4n) is 8.14. The Morgan fingerprint density at radius 1 is 0.861 bits per heavy atom. The molecule has 0 bridgehead atoms. The van der Waals surface area contributed by atoms with Crippen LogP contribution in [0.15, 0.2) is 42.9 Å². The molecule has 79 heavy (non-hydrogen) atoms. The fourth-order valence-corrected chi connectivity index (χ4v) is 8.86. The average Bonchev–Trinajstić information content (AvgIpc) is 4.09. The molecule has 1 aliphatic rings. The maximum Gasteiger partial charge on any atom is 0.469 e. The van der Waals surface area contributed by atoms with Crippen LogP contribution in [0.5, 0.6) is 0 Å². The first-order chi connectivity index (χ1) is 37.0. The van der Waals surface area contributed by atoms with Crippen molar-refractivity contribution in [2.24, 2.45) is 17.4 Å². The van der Waals surface area contributed by atoms with Gasteiger partial charge < -0.3 is 72.3 Å². The number of imidazole rings is 1. The zero-order chi connectivity index (χ0) is 59.1. The van der Waals surface area contributed by atoms with E-state index in [0.29, 0.717) is 38.1 Å². The van der Waals surface area contributed by atoms with Gasteiger partial charge in [-0.25, -0.2) is 15.0 Å². The summed E-state index contributed by atoms with van der Waals surface area (Å²) in [5.41, 5.74) is 13.7. The van der Waals surface area contributed by atoms with Gasteiger partial charge in [0.15, 0.2) is 0 Å². The molecule has 1 saturated heterocycles. The topological polar surface area (TPSA) is 407 Å². The molecule has 8 unspecified atom stereocenters. The number of benzene rings is 1. The van der Waals surface area contributed by atoms with Crippen LogP contribution in [0.25, 0.3) is 0 Å². The third-order valence-corrected chi connectivity index (χ3v) is 13.7. The molecule has 0 radical (unpaired) electrons. The van der Waals surface area contributed by atoms with Crippen molar-refractivity contribution in [3.05, 3.63) is 54.1 Å². The number of ether oxygens (including phenoxy) is 2. The summed E-state index contributed by atoms with van der Waals surface area (Å²) in [5.74, 6) is -6.22. The number of nitrogens with zero attached hydrogens (tertiary/aromatic N) is 2. The van der Waals surface area contributed by atoms with E-state index in [9.17, 15) is 57.8 Å². The van der Waals surface area contributed by atoms with Crippen LogP contribution in [0.4, 0.5) is 0 Å². The molecule has 0 saturated carbocycles. The number of hydrogen-bond donors (Lipinski definition) is 13. The number of phosphoric acid groups is 1. The second-order valence-electron chi connectivity index (χ2n) is 20.9. The van der Waals surface area contributed by atoms with E-state index < -0.39 is 115 Å². The molecule has 1 aromatic carbocycles. The van der Waals surface area contributed by atoms with E-state index in [2.05, 4.69) is 59.2 Å². The number of thiol groups is 1. The minimum absolute atomic E-state index is 0.0427. The normalized spacial score (nSPS) is 17.2. The number of likely N-dealkylation sites (tertiary alicyclic amines) is 1. The first kappa shape index (κ1) is 67.7. The lowest BCUT2D eigenvalue weighted by Crippen LogP contribution is -2.60. The van der Waals surface area contributed by atoms with Crippen molar-refractivity contribution < 1.29 is 76.6 Å². The maximum atomic E-state index is 14.4. The van der Waals surface area contributed by atoms with E-state index >= 15 is 0 Å². The van der Waals surface area contributed by atoms with Gasteiger partial charge >= 0.3 is 7.82 Å². The Labute approximate surface area is 465 Å². The third-order valence-electron chi connectivity index (χ3n) is 12.7. The summed E-state index contributed by atoms with van der Waals surface area (Å²) in [5, 5.41) is 22.8. The molecule has 1 aliphatic heterocycles. The fraction of sp³-hybridized carbons (Fsp3) is 0.660. The number of nitrogens with one attached hydrogen (secondary N) is 7. The van der Waals surface area contributed by atoms with Crippen molar-refractivity contribution in [3.8, 4) is 0 Å². The van der Waals surface area contributed by atoms with Crippen molar-refractivity contribution in [1.82, 2.24) is 46.9 Å². The number of amides is 8. The van der Waals surface area contributed by atoms with Gasteiger partial charge in [-0.1, -0.05) is 44.2 Å². The Hall–Kier alpha value is -5.55. The molecule has 0 aliphatic carbocycles. The van der Waals surface area contributed by atoms with E-state index in [1.54, 1.807) is 13.8 Å². The van der Waals surface area contributed by atoms with Crippen LogP contribution in [0, 0.1) is 5.92 Å². The van der Waals surface area contributed by atoms with Gasteiger partial charge in [-0.2, -0.15) is 12.6 Å². The highest BCUT2D eigenvalue weighted by atomic mass is 32.1. The number of aliphatic hydroxyl groups is 1. The summed E-state index contributed by atoms with van der Waals surface area (Å²) in [4.78, 5) is 140. The number of phosphoric ester groups is 1. The summed E-state index contributed by atoms with van der Waals surface area (Å²) < 4.78 is 28.2. The number of aliphatic hydroxyl groups excluding tert-OH is 1. The molecule has 14 N–H and O–H groups in total. The molecule has 444 valence electrons. The number of aromatic nitrogens is 2. The number of aryl methyl sites for hydroxylation is 2.